The Bertz CT molecular complexity index is 665. The molecule has 15 heavy (non-hydrogen) atoms. The van der Waals surface area contributed by atoms with Crippen LogP contribution >= 0.6 is 11.3 Å². The molecule has 2 rings (SSSR count). The highest BCUT2D eigenvalue weighted by Gasteiger charge is 2.03. The van der Waals surface area contributed by atoms with Gasteiger partial charge in [0.25, 0.3) is 10.0 Å². The van der Waals surface area contributed by atoms with Gasteiger partial charge in [0.2, 0.25) is 4.80 Å². The molecule has 6 heteroatoms. The molecule has 0 unspecified atom stereocenters. The number of hydrogen-bond donors (Lipinski definition) is 0. The second kappa shape index (κ2) is 3.46. The maximum Gasteiger partial charge on any atom is 0.252 e. The maximum atomic E-state index is 11.1. The monoisotopic (exact) mass is 242 g/mol. The van der Waals surface area contributed by atoms with Crippen molar-refractivity contribution in [3.05, 3.63) is 29.1 Å². The number of para-hydroxylation sites is 1. The molecule has 0 atom stereocenters. The molecular formula is C9H10N2O2S2. The van der Waals surface area contributed by atoms with Gasteiger partial charge in [0.1, 0.15) is 0 Å². The largest absolute Gasteiger partial charge is 0.319 e. The van der Waals surface area contributed by atoms with Gasteiger partial charge in [-0.25, -0.2) is 8.42 Å². The van der Waals surface area contributed by atoms with Crippen LogP contribution in [0.2, 0.25) is 0 Å². The second-order valence-corrected chi connectivity index (χ2v) is 5.89. The summed E-state index contributed by atoms with van der Waals surface area (Å²) in [5.74, 6) is 0. The Kier molecular flexibility index (Phi) is 2.40. The number of benzene rings is 1. The summed E-state index contributed by atoms with van der Waals surface area (Å²) >= 11 is 1.37. The molecule has 0 fully saturated rings. The fraction of sp³-hybridized carbons (Fsp3) is 0.222. The van der Waals surface area contributed by atoms with Crippen molar-refractivity contribution in [2.45, 2.75) is 0 Å². The van der Waals surface area contributed by atoms with Gasteiger partial charge in [-0.15, -0.1) is 4.40 Å². The summed E-state index contributed by atoms with van der Waals surface area (Å²) in [4.78, 5) is 0.499. The first kappa shape index (κ1) is 10.4. The Labute approximate surface area is 91.6 Å². The van der Waals surface area contributed by atoms with Crippen molar-refractivity contribution in [2.75, 3.05) is 6.26 Å². The van der Waals surface area contributed by atoms with Crippen molar-refractivity contribution in [3.63, 3.8) is 0 Å². The zero-order chi connectivity index (χ0) is 11.1. The predicted octanol–water partition coefficient (Wildman–Crippen LogP) is 1.10. The molecule has 0 N–H and O–H groups in total. The van der Waals surface area contributed by atoms with Crippen LogP contribution in [0.1, 0.15) is 0 Å². The highest BCUT2D eigenvalue weighted by molar-refractivity contribution is 7.89. The molecule has 0 bridgehead atoms. The van der Waals surface area contributed by atoms with E-state index in [-0.39, 0.29) is 0 Å². The molecule has 0 spiro atoms. The van der Waals surface area contributed by atoms with Crippen LogP contribution < -0.4 is 4.80 Å². The van der Waals surface area contributed by atoms with Crippen LogP contribution in [0.4, 0.5) is 0 Å². The molecule has 0 aliphatic carbocycles. The van der Waals surface area contributed by atoms with Crippen molar-refractivity contribution in [1.29, 1.82) is 0 Å². The van der Waals surface area contributed by atoms with Crippen LogP contribution in [-0.2, 0) is 17.1 Å². The van der Waals surface area contributed by atoms with E-state index < -0.39 is 10.0 Å². The predicted molar refractivity (Wildman–Crippen MR) is 61.2 cm³/mol. The standard InChI is InChI=1S/C9H10N2O2S2/c1-11-7-5-3-4-6-8(7)14-9(11)10-15(2,12)13/h3-6H,1-2H3. The summed E-state index contributed by atoms with van der Waals surface area (Å²) in [7, 11) is -1.52. The Hall–Kier alpha value is -1.14. The molecule has 1 aromatic carbocycles. The molecule has 2 aromatic rings. The summed E-state index contributed by atoms with van der Waals surface area (Å²) in [6.07, 6.45) is 1.09. The highest BCUT2D eigenvalue weighted by atomic mass is 32.2. The Morgan fingerprint density at radius 1 is 1.33 bits per heavy atom. The fourth-order valence-corrected chi connectivity index (χ4v) is 3.16. The fourth-order valence-electron chi connectivity index (χ4n) is 1.31. The lowest BCUT2D eigenvalue weighted by Crippen LogP contribution is -2.12. The minimum absolute atomic E-state index is 0.499. The molecule has 0 aliphatic rings. The first-order chi connectivity index (χ1) is 6.97. The van der Waals surface area contributed by atoms with E-state index in [1.165, 1.54) is 11.3 Å². The topological polar surface area (TPSA) is 51.4 Å². The van der Waals surface area contributed by atoms with Crippen LogP contribution in [0.25, 0.3) is 10.2 Å². The molecule has 80 valence electrons. The molecule has 0 radical (unpaired) electrons. The van der Waals surface area contributed by atoms with E-state index in [9.17, 15) is 8.42 Å². The molecule has 0 saturated heterocycles. The summed E-state index contributed by atoms with van der Waals surface area (Å²) in [5.41, 5.74) is 0.991. The molecular weight excluding hydrogens is 232 g/mol. The van der Waals surface area contributed by atoms with E-state index in [0.717, 1.165) is 16.5 Å². The average Bonchev–Trinajstić information content (AvgIpc) is 2.42. The van der Waals surface area contributed by atoms with Crippen molar-refractivity contribution in [1.82, 2.24) is 4.57 Å². The van der Waals surface area contributed by atoms with Crippen molar-refractivity contribution < 1.29 is 8.42 Å². The molecule has 1 aromatic heterocycles. The molecule has 0 saturated carbocycles. The van der Waals surface area contributed by atoms with E-state index in [1.54, 1.807) is 4.57 Å². The SMILES string of the molecule is Cn1c(=NS(C)(=O)=O)sc2ccccc21. The van der Waals surface area contributed by atoms with Gasteiger partial charge in [0.05, 0.1) is 16.5 Å². The van der Waals surface area contributed by atoms with Crippen molar-refractivity contribution in [3.8, 4) is 0 Å². The number of rotatable bonds is 1. The Balaban J connectivity index is 2.86. The zero-order valence-corrected chi connectivity index (χ0v) is 9.97. The molecule has 0 aliphatic heterocycles. The number of fused-ring (bicyclic) bond motifs is 1. The summed E-state index contributed by atoms with van der Waals surface area (Å²) < 4.78 is 28.6. The maximum absolute atomic E-state index is 11.1. The van der Waals surface area contributed by atoms with Gasteiger partial charge >= 0.3 is 0 Å². The third kappa shape index (κ3) is 2.10. The van der Waals surface area contributed by atoms with Gasteiger partial charge in [0, 0.05) is 7.05 Å². The van der Waals surface area contributed by atoms with Gasteiger partial charge in [-0.05, 0) is 12.1 Å². The highest BCUT2D eigenvalue weighted by Crippen LogP contribution is 2.15. The number of sulfonamides is 1. The minimum Gasteiger partial charge on any atom is -0.319 e. The van der Waals surface area contributed by atoms with E-state index in [1.807, 2.05) is 31.3 Å². The number of aromatic nitrogens is 1. The zero-order valence-electron chi connectivity index (χ0n) is 8.34. The quantitative estimate of drug-likeness (QED) is 0.752. The van der Waals surface area contributed by atoms with E-state index in [2.05, 4.69) is 4.40 Å². The van der Waals surface area contributed by atoms with Gasteiger partial charge in [-0.3, -0.25) is 0 Å². The van der Waals surface area contributed by atoms with Crippen molar-refractivity contribution >= 4 is 31.6 Å². The van der Waals surface area contributed by atoms with Gasteiger partial charge in [-0.2, -0.15) is 0 Å². The minimum atomic E-state index is -3.33. The van der Waals surface area contributed by atoms with E-state index in [4.69, 9.17) is 0 Å². The third-order valence-electron chi connectivity index (χ3n) is 1.96. The molecule has 4 nitrogen and oxygen atoms in total. The van der Waals surface area contributed by atoms with Crippen LogP contribution in [0, 0.1) is 0 Å². The molecule has 1 heterocycles. The lowest BCUT2D eigenvalue weighted by Gasteiger charge is -1.93. The third-order valence-corrected chi connectivity index (χ3v) is 3.69. The van der Waals surface area contributed by atoms with Crippen LogP contribution in [-0.4, -0.2) is 19.2 Å². The van der Waals surface area contributed by atoms with Crippen LogP contribution in [0.3, 0.4) is 0 Å². The van der Waals surface area contributed by atoms with Crippen LogP contribution in [0.15, 0.2) is 28.7 Å². The molecule has 0 amide bonds. The normalized spacial score (nSPS) is 13.6. The second-order valence-electron chi connectivity index (χ2n) is 3.24. The smallest absolute Gasteiger partial charge is 0.252 e. The number of aryl methyl sites for hydroxylation is 1. The first-order valence-corrected chi connectivity index (χ1v) is 6.94. The Morgan fingerprint density at radius 3 is 2.60 bits per heavy atom. The average molecular weight is 242 g/mol. The summed E-state index contributed by atoms with van der Waals surface area (Å²) in [6.45, 7) is 0. The summed E-state index contributed by atoms with van der Waals surface area (Å²) in [5, 5.41) is 0. The van der Waals surface area contributed by atoms with E-state index in [0.29, 0.717) is 4.80 Å². The van der Waals surface area contributed by atoms with Crippen LogP contribution in [0.5, 0.6) is 0 Å². The number of nitrogens with zero attached hydrogens (tertiary/aromatic N) is 2. The van der Waals surface area contributed by atoms with Crippen molar-refractivity contribution in [2.24, 2.45) is 11.4 Å². The lowest BCUT2D eigenvalue weighted by atomic mass is 10.3. The Morgan fingerprint density at radius 2 is 2.00 bits per heavy atom. The van der Waals surface area contributed by atoms with Gasteiger partial charge in [0.15, 0.2) is 0 Å². The number of hydrogen-bond acceptors (Lipinski definition) is 3. The van der Waals surface area contributed by atoms with E-state index >= 15 is 0 Å². The number of thiazole rings is 1. The van der Waals surface area contributed by atoms with Gasteiger partial charge < -0.3 is 4.57 Å². The van der Waals surface area contributed by atoms with Gasteiger partial charge in [-0.1, -0.05) is 23.5 Å². The summed E-state index contributed by atoms with van der Waals surface area (Å²) in [6, 6.07) is 7.72. The first-order valence-electron chi connectivity index (χ1n) is 4.28. The lowest BCUT2D eigenvalue weighted by molar-refractivity contribution is 0.602.